The Kier molecular flexibility index (Phi) is 21.4. The number of ether oxygens (including phenoxy) is 1. The number of hydrogen-bond donors (Lipinski definition) is 3. The largest absolute Gasteiger partial charge is 0.479 e. The van der Waals surface area contributed by atoms with E-state index in [1.165, 1.54) is 57.8 Å². The third-order valence-electron chi connectivity index (χ3n) is 7.07. The average molecular weight is 501 g/mol. The Morgan fingerprint density at radius 3 is 1.20 bits per heavy atom. The predicted molar refractivity (Wildman–Crippen MR) is 142 cm³/mol. The predicted octanol–water partition coefficient (Wildman–Crippen LogP) is 7.33. The molecule has 0 spiro atoms. The number of unbranched alkanes of at least 4 members (excludes halogenated alkanes) is 15. The van der Waals surface area contributed by atoms with E-state index in [4.69, 9.17) is 9.84 Å². The first-order chi connectivity index (χ1) is 16.8. The van der Waals surface area contributed by atoms with Gasteiger partial charge < -0.3 is 20.1 Å². The zero-order chi connectivity index (χ0) is 26.4. The molecule has 0 saturated heterocycles. The summed E-state index contributed by atoms with van der Waals surface area (Å²) >= 11 is 0. The van der Waals surface area contributed by atoms with Gasteiger partial charge in [-0.05, 0) is 38.5 Å². The van der Waals surface area contributed by atoms with Crippen LogP contribution in [0.15, 0.2) is 0 Å². The number of aliphatic carboxylic acids is 1. The number of carbonyl (C=O) groups is 2. The van der Waals surface area contributed by atoms with Crippen LogP contribution in [0, 0.1) is 0 Å². The minimum Gasteiger partial charge on any atom is -0.479 e. The molecule has 0 radical (unpaired) electrons. The van der Waals surface area contributed by atoms with Crippen molar-refractivity contribution in [3.8, 4) is 0 Å². The Morgan fingerprint density at radius 1 is 0.571 bits per heavy atom. The van der Waals surface area contributed by atoms with Crippen molar-refractivity contribution in [3.63, 3.8) is 0 Å². The van der Waals surface area contributed by atoms with Crippen molar-refractivity contribution in [2.24, 2.45) is 0 Å². The van der Waals surface area contributed by atoms with Crippen LogP contribution in [0.2, 0.25) is 0 Å². The lowest BCUT2D eigenvalue weighted by Crippen LogP contribution is -2.45. The SMILES string of the molecule is CCCCCCCCC(CCCCCCCC)(CCCCCCCC)OC(=O)C(O)C(O)C(=O)O. The Balaban J connectivity index is 5.28. The van der Waals surface area contributed by atoms with Crippen molar-refractivity contribution in [2.45, 2.75) is 173 Å². The Morgan fingerprint density at radius 2 is 0.886 bits per heavy atom. The normalized spacial score (nSPS) is 13.5. The van der Waals surface area contributed by atoms with Crippen LogP contribution in [0.1, 0.15) is 156 Å². The standard InChI is InChI=1S/C29H56O6/c1-4-7-10-13-16-19-22-29(23-20-17-14-11-8-5-2,24-21-18-15-12-9-6-3)35-28(34)26(31)25(30)27(32)33/h25-26,30-31H,4-24H2,1-3H3,(H,32,33). The summed E-state index contributed by atoms with van der Waals surface area (Å²) in [7, 11) is 0. The van der Waals surface area contributed by atoms with E-state index < -0.39 is 29.7 Å². The van der Waals surface area contributed by atoms with Crippen LogP contribution in [-0.2, 0) is 14.3 Å². The maximum Gasteiger partial charge on any atom is 0.338 e. The van der Waals surface area contributed by atoms with Gasteiger partial charge in [-0.3, -0.25) is 0 Å². The van der Waals surface area contributed by atoms with Gasteiger partial charge in [-0.1, -0.05) is 117 Å². The van der Waals surface area contributed by atoms with Crippen molar-refractivity contribution < 1.29 is 29.6 Å². The number of carboxylic acid groups (broad SMARTS) is 1. The molecule has 2 unspecified atom stereocenters. The molecule has 0 fully saturated rings. The van der Waals surface area contributed by atoms with E-state index in [0.717, 1.165) is 77.0 Å². The summed E-state index contributed by atoms with van der Waals surface area (Å²) in [5.74, 6) is -2.63. The maximum absolute atomic E-state index is 12.7. The minimum atomic E-state index is -2.17. The van der Waals surface area contributed by atoms with Crippen LogP contribution in [0.5, 0.6) is 0 Å². The molecule has 0 aliphatic carbocycles. The monoisotopic (exact) mass is 500 g/mol. The topological polar surface area (TPSA) is 104 Å². The molecule has 0 aromatic heterocycles. The second kappa shape index (κ2) is 22.1. The summed E-state index contributed by atoms with van der Waals surface area (Å²) in [5.41, 5.74) is -0.698. The second-order valence-corrected chi connectivity index (χ2v) is 10.4. The summed E-state index contributed by atoms with van der Waals surface area (Å²) in [4.78, 5) is 23.8. The van der Waals surface area contributed by atoms with Gasteiger partial charge in [0, 0.05) is 0 Å². The molecular weight excluding hydrogens is 444 g/mol. The minimum absolute atomic E-state index is 0.698. The highest BCUT2D eigenvalue weighted by atomic mass is 16.6. The second-order valence-electron chi connectivity index (χ2n) is 10.4. The molecule has 0 amide bonds. The molecule has 208 valence electrons. The molecule has 6 nitrogen and oxygen atoms in total. The first-order valence-corrected chi connectivity index (χ1v) is 14.6. The number of esters is 1. The number of aliphatic hydroxyl groups is 2. The quantitative estimate of drug-likeness (QED) is 0.0895. The molecular formula is C29H56O6. The molecule has 2 atom stereocenters. The van der Waals surface area contributed by atoms with Crippen LogP contribution in [0.4, 0.5) is 0 Å². The lowest BCUT2D eigenvalue weighted by Gasteiger charge is -2.35. The van der Waals surface area contributed by atoms with Crippen LogP contribution in [0.3, 0.4) is 0 Å². The summed E-state index contributed by atoms with van der Waals surface area (Å²) in [6.45, 7) is 6.59. The van der Waals surface area contributed by atoms with Crippen molar-refractivity contribution in [2.75, 3.05) is 0 Å². The molecule has 0 aromatic carbocycles. The Bertz CT molecular complexity index is 481. The van der Waals surface area contributed by atoms with Crippen molar-refractivity contribution in [1.29, 1.82) is 0 Å². The molecule has 0 aliphatic rings. The smallest absolute Gasteiger partial charge is 0.338 e. The lowest BCUT2D eigenvalue weighted by molar-refractivity contribution is -0.184. The molecule has 0 bridgehead atoms. The van der Waals surface area contributed by atoms with E-state index in [1.807, 2.05) is 0 Å². The highest BCUT2D eigenvalue weighted by Crippen LogP contribution is 2.33. The van der Waals surface area contributed by atoms with Crippen molar-refractivity contribution in [1.82, 2.24) is 0 Å². The number of aliphatic hydroxyl groups excluding tert-OH is 2. The average Bonchev–Trinajstić information content (AvgIpc) is 2.84. The zero-order valence-corrected chi connectivity index (χ0v) is 23.1. The van der Waals surface area contributed by atoms with Gasteiger partial charge in [-0.15, -0.1) is 0 Å². The fourth-order valence-corrected chi connectivity index (χ4v) is 4.75. The summed E-state index contributed by atoms with van der Waals surface area (Å²) < 4.78 is 5.94. The van der Waals surface area contributed by atoms with Gasteiger partial charge in [0.2, 0.25) is 0 Å². The Hall–Kier alpha value is -1.14. The van der Waals surface area contributed by atoms with Crippen molar-refractivity contribution in [3.05, 3.63) is 0 Å². The van der Waals surface area contributed by atoms with Crippen LogP contribution in [-0.4, -0.2) is 45.1 Å². The molecule has 6 heteroatoms. The number of carbonyl (C=O) groups excluding carboxylic acids is 1. The van der Waals surface area contributed by atoms with E-state index in [0.29, 0.717) is 0 Å². The molecule has 0 heterocycles. The fraction of sp³-hybridized carbons (Fsp3) is 0.931. The molecule has 0 rings (SSSR count). The van der Waals surface area contributed by atoms with E-state index in [9.17, 15) is 19.8 Å². The molecule has 0 saturated carbocycles. The van der Waals surface area contributed by atoms with Gasteiger partial charge in [-0.25, -0.2) is 9.59 Å². The summed E-state index contributed by atoms with van der Waals surface area (Å²) in [6.07, 6.45) is 18.4. The molecule has 35 heavy (non-hydrogen) atoms. The van der Waals surface area contributed by atoms with Gasteiger partial charge in [0.1, 0.15) is 5.60 Å². The van der Waals surface area contributed by atoms with Gasteiger partial charge in [-0.2, -0.15) is 0 Å². The van der Waals surface area contributed by atoms with Crippen molar-refractivity contribution >= 4 is 11.9 Å². The van der Waals surface area contributed by atoms with Crippen LogP contribution in [0.25, 0.3) is 0 Å². The number of hydrogen-bond acceptors (Lipinski definition) is 5. The maximum atomic E-state index is 12.7. The third kappa shape index (κ3) is 17.0. The molecule has 0 aliphatic heterocycles. The molecule has 0 aromatic rings. The first kappa shape index (κ1) is 33.9. The highest BCUT2D eigenvalue weighted by Gasteiger charge is 2.38. The highest BCUT2D eigenvalue weighted by molar-refractivity contribution is 5.84. The van der Waals surface area contributed by atoms with E-state index in [2.05, 4.69) is 20.8 Å². The van der Waals surface area contributed by atoms with E-state index >= 15 is 0 Å². The van der Waals surface area contributed by atoms with Crippen LogP contribution >= 0.6 is 0 Å². The number of rotatable bonds is 25. The summed E-state index contributed by atoms with van der Waals surface area (Å²) in [5, 5.41) is 28.8. The number of carboxylic acids is 1. The lowest BCUT2D eigenvalue weighted by atomic mass is 9.84. The van der Waals surface area contributed by atoms with Gasteiger partial charge in [0.15, 0.2) is 12.2 Å². The van der Waals surface area contributed by atoms with Gasteiger partial charge in [0.25, 0.3) is 0 Å². The van der Waals surface area contributed by atoms with Gasteiger partial charge >= 0.3 is 11.9 Å². The van der Waals surface area contributed by atoms with E-state index in [1.54, 1.807) is 0 Å². The van der Waals surface area contributed by atoms with Crippen LogP contribution < -0.4 is 0 Å². The fourth-order valence-electron chi connectivity index (χ4n) is 4.75. The Labute approximate surface area is 215 Å². The van der Waals surface area contributed by atoms with E-state index in [-0.39, 0.29) is 0 Å². The first-order valence-electron chi connectivity index (χ1n) is 14.6. The summed E-state index contributed by atoms with van der Waals surface area (Å²) in [6, 6.07) is 0. The molecule has 3 N–H and O–H groups in total. The third-order valence-corrected chi connectivity index (χ3v) is 7.07. The van der Waals surface area contributed by atoms with Gasteiger partial charge in [0.05, 0.1) is 0 Å². The zero-order valence-electron chi connectivity index (χ0n) is 23.1.